The van der Waals surface area contributed by atoms with E-state index in [4.69, 9.17) is 15.0 Å². The predicted octanol–water partition coefficient (Wildman–Crippen LogP) is 2.77. The first kappa shape index (κ1) is 13.9. The van der Waals surface area contributed by atoms with Crippen LogP contribution in [0.25, 0.3) is 0 Å². The Morgan fingerprint density at radius 3 is 2.68 bits per heavy atom. The summed E-state index contributed by atoms with van der Waals surface area (Å²) in [6, 6.07) is 0. The molecule has 4 fully saturated rings. The van der Waals surface area contributed by atoms with Crippen LogP contribution in [0.4, 0.5) is 0 Å². The zero-order chi connectivity index (χ0) is 13.8. The van der Waals surface area contributed by atoms with Crippen molar-refractivity contribution >= 4 is 7.12 Å². The van der Waals surface area contributed by atoms with Gasteiger partial charge in [0.25, 0.3) is 0 Å². The summed E-state index contributed by atoms with van der Waals surface area (Å²) in [6.07, 6.45) is 6.06. The summed E-state index contributed by atoms with van der Waals surface area (Å²) < 4.78 is 12.5. The van der Waals surface area contributed by atoms with Gasteiger partial charge in [0.05, 0.1) is 11.7 Å². The molecule has 0 aromatic rings. The van der Waals surface area contributed by atoms with E-state index in [0.29, 0.717) is 11.3 Å². The van der Waals surface area contributed by atoms with Crippen LogP contribution in [0.15, 0.2) is 0 Å². The largest absolute Gasteiger partial charge is 0.475 e. The minimum atomic E-state index is -0.184. The van der Waals surface area contributed by atoms with Crippen LogP contribution in [0.5, 0.6) is 0 Å². The smallest absolute Gasteiger partial charge is 0.404 e. The van der Waals surface area contributed by atoms with Crippen LogP contribution in [0, 0.1) is 17.3 Å². The Morgan fingerprint density at radius 2 is 2.05 bits per heavy atom. The summed E-state index contributed by atoms with van der Waals surface area (Å²) in [7, 11) is -0.184. The second-order valence-electron chi connectivity index (χ2n) is 7.64. The second kappa shape index (κ2) is 4.47. The Kier molecular flexibility index (Phi) is 3.27. The minimum Gasteiger partial charge on any atom is -0.404 e. The van der Waals surface area contributed by atoms with Gasteiger partial charge in [0.2, 0.25) is 0 Å². The molecule has 1 aliphatic heterocycles. The van der Waals surface area contributed by atoms with Crippen molar-refractivity contribution in [2.45, 2.75) is 77.4 Å². The molecule has 4 aliphatic rings. The van der Waals surface area contributed by atoms with Gasteiger partial charge in [-0.3, -0.25) is 0 Å². The average molecular weight is 265 g/mol. The monoisotopic (exact) mass is 265 g/mol. The third-order valence-electron chi connectivity index (χ3n) is 6.21. The highest BCUT2D eigenvalue weighted by Gasteiger charge is 2.68. The van der Waals surface area contributed by atoms with Crippen LogP contribution in [-0.4, -0.2) is 24.8 Å². The summed E-state index contributed by atoms with van der Waals surface area (Å²) in [4.78, 5) is 0. The maximum absolute atomic E-state index is 6.35. The zero-order valence-electron chi connectivity index (χ0n) is 12.8. The molecule has 3 saturated carbocycles. The highest BCUT2D eigenvalue weighted by molar-refractivity contribution is 6.47. The van der Waals surface area contributed by atoms with Crippen molar-refractivity contribution in [1.82, 2.24) is 0 Å². The average Bonchev–Trinajstić information content (AvgIpc) is 2.72. The van der Waals surface area contributed by atoms with Gasteiger partial charge in [-0.25, -0.2) is 0 Å². The van der Waals surface area contributed by atoms with Crippen molar-refractivity contribution in [2.24, 2.45) is 23.0 Å². The molecule has 3 aliphatic carbocycles. The van der Waals surface area contributed by atoms with Crippen molar-refractivity contribution < 1.29 is 9.31 Å². The summed E-state index contributed by atoms with van der Waals surface area (Å²) in [6.45, 7) is 9.23. The van der Waals surface area contributed by atoms with Crippen molar-refractivity contribution in [2.75, 3.05) is 0 Å². The maximum Gasteiger partial charge on any atom is 0.475 e. The van der Waals surface area contributed by atoms with E-state index in [2.05, 4.69) is 27.7 Å². The van der Waals surface area contributed by atoms with Crippen molar-refractivity contribution in [3.8, 4) is 0 Å². The first-order valence-electron chi connectivity index (χ1n) is 7.98. The summed E-state index contributed by atoms with van der Waals surface area (Å²) in [5.41, 5.74) is 6.56. The van der Waals surface area contributed by atoms with Gasteiger partial charge in [0.15, 0.2) is 0 Å². The quantitative estimate of drug-likeness (QED) is 0.795. The number of hydrogen-bond donors (Lipinski definition) is 1. The van der Waals surface area contributed by atoms with E-state index >= 15 is 0 Å². The lowest BCUT2D eigenvalue weighted by Gasteiger charge is -2.64. The van der Waals surface area contributed by atoms with Crippen LogP contribution in [0.2, 0.25) is 0 Å². The lowest BCUT2D eigenvalue weighted by Crippen LogP contribution is -2.65. The zero-order valence-corrected chi connectivity index (χ0v) is 12.8. The van der Waals surface area contributed by atoms with Gasteiger partial charge in [0.1, 0.15) is 0 Å². The van der Waals surface area contributed by atoms with Crippen LogP contribution < -0.4 is 5.73 Å². The van der Waals surface area contributed by atoms with E-state index < -0.39 is 0 Å². The summed E-state index contributed by atoms with van der Waals surface area (Å²) in [5, 5.41) is 0. The van der Waals surface area contributed by atoms with Gasteiger partial charge in [-0.05, 0) is 43.4 Å². The fourth-order valence-electron chi connectivity index (χ4n) is 4.66. The third kappa shape index (κ3) is 1.90. The molecule has 0 spiro atoms. The maximum atomic E-state index is 6.35. The first-order valence-corrected chi connectivity index (χ1v) is 7.98. The van der Waals surface area contributed by atoms with E-state index in [1.54, 1.807) is 0 Å². The lowest BCUT2D eigenvalue weighted by atomic mass is 9.43. The van der Waals surface area contributed by atoms with Crippen LogP contribution in [0.3, 0.4) is 0 Å². The van der Waals surface area contributed by atoms with Crippen LogP contribution in [-0.2, 0) is 9.31 Å². The normalized spacial score (nSPS) is 44.7. The Morgan fingerprint density at radius 1 is 1.32 bits per heavy atom. The van der Waals surface area contributed by atoms with Gasteiger partial charge >= 0.3 is 7.12 Å². The Hall–Kier alpha value is -0.0551. The van der Waals surface area contributed by atoms with Gasteiger partial charge in [0, 0.05) is 5.94 Å². The van der Waals surface area contributed by atoms with Crippen molar-refractivity contribution in [1.29, 1.82) is 0 Å². The fourth-order valence-corrected chi connectivity index (χ4v) is 4.66. The topological polar surface area (TPSA) is 44.5 Å². The van der Waals surface area contributed by atoms with Crippen molar-refractivity contribution in [3.05, 3.63) is 0 Å². The van der Waals surface area contributed by atoms with E-state index in [1.165, 1.54) is 12.8 Å². The Bertz CT molecular complexity index is 362. The molecule has 108 valence electrons. The van der Waals surface area contributed by atoms with E-state index in [1.807, 2.05) is 0 Å². The second-order valence-corrected chi connectivity index (χ2v) is 7.64. The van der Waals surface area contributed by atoms with Gasteiger partial charge in [-0.1, -0.05) is 33.6 Å². The molecule has 4 rings (SSSR count). The first-order chi connectivity index (χ1) is 8.89. The van der Waals surface area contributed by atoms with Crippen molar-refractivity contribution in [3.63, 3.8) is 0 Å². The fraction of sp³-hybridized carbons (Fsp3) is 1.00. The molecule has 3 nitrogen and oxygen atoms in total. The molecule has 19 heavy (non-hydrogen) atoms. The van der Waals surface area contributed by atoms with Gasteiger partial charge < -0.3 is 15.0 Å². The summed E-state index contributed by atoms with van der Waals surface area (Å²) >= 11 is 0. The van der Waals surface area contributed by atoms with Crippen LogP contribution in [0.1, 0.15) is 59.8 Å². The standard InChI is InChI=1S/C15H28BNO2/c1-5-6-7-13(17)16-18-12-9-10-8-11(14(10,2)3)15(12,4)19-16/h10-13H,5-9,17H2,1-4H3/t10-,11-,12+,13?,15+/m0/s1. The number of rotatable bonds is 4. The van der Waals surface area contributed by atoms with Gasteiger partial charge in [-0.2, -0.15) is 0 Å². The highest BCUT2D eigenvalue weighted by atomic mass is 16.7. The Labute approximate surface area is 117 Å². The number of unbranched alkanes of at least 4 members (excludes halogenated alkanes) is 1. The molecule has 1 unspecified atom stereocenters. The van der Waals surface area contributed by atoms with E-state index in [-0.39, 0.29) is 24.8 Å². The molecule has 0 radical (unpaired) electrons. The highest BCUT2D eigenvalue weighted by Crippen LogP contribution is 2.65. The molecule has 1 saturated heterocycles. The van der Waals surface area contributed by atoms with E-state index in [0.717, 1.165) is 25.2 Å². The van der Waals surface area contributed by atoms with Crippen LogP contribution >= 0.6 is 0 Å². The summed E-state index contributed by atoms with van der Waals surface area (Å²) in [5.74, 6) is 1.47. The molecule has 0 aromatic heterocycles. The molecular weight excluding hydrogens is 237 g/mol. The molecular formula is C15H28BNO2. The molecule has 1 heterocycles. The number of nitrogens with two attached hydrogens (primary N) is 1. The third-order valence-corrected chi connectivity index (χ3v) is 6.21. The predicted molar refractivity (Wildman–Crippen MR) is 77.6 cm³/mol. The molecule has 2 N–H and O–H groups in total. The molecule has 4 heteroatoms. The minimum absolute atomic E-state index is 0.0303. The Balaban J connectivity index is 1.70. The van der Waals surface area contributed by atoms with E-state index in [9.17, 15) is 0 Å². The van der Waals surface area contributed by atoms with Gasteiger partial charge in [-0.15, -0.1) is 0 Å². The molecule has 0 amide bonds. The molecule has 0 aromatic carbocycles. The molecule has 2 bridgehead atoms. The molecule has 5 atom stereocenters. The number of hydrogen-bond acceptors (Lipinski definition) is 3. The lowest BCUT2D eigenvalue weighted by molar-refractivity contribution is -0.199. The SMILES string of the molecule is CCCCC(N)B1O[C@@H]2C[C@@H]3C[C@@H](C3(C)C)[C@@]2(C)O1.